The average Bonchev–Trinajstić information content (AvgIpc) is 3.25. The number of nitrogens with zero attached hydrogens (tertiary/aromatic N) is 1. The highest BCUT2D eigenvalue weighted by atomic mass is 19.4. The van der Waals surface area contributed by atoms with Gasteiger partial charge in [0.15, 0.2) is 11.6 Å². The van der Waals surface area contributed by atoms with E-state index in [0.29, 0.717) is 27.9 Å². The standard InChI is InChI=1S/C33H28F7N3O3/c1-4-18-15-19(32(35,36)37)9-14-22(18)23-16-24(34)29(44)28-27(23)31(2,3)17-43(28)26-8-6-5-7-25(26)42-30(45)41-20-10-12-21(13-11-20)46-33(38,39)40/h5-16,44H,4,17H2,1-3H3,(H2,41,42,45). The molecule has 0 spiro atoms. The van der Waals surface area contributed by atoms with Gasteiger partial charge in [0.1, 0.15) is 5.75 Å². The Bertz CT molecular complexity index is 1790. The number of urea groups is 1. The quantitative estimate of drug-likeness (QED) is 0.182. The summed E-state index contributed by atoms with van der Waals surface area (Å²) in [5.74, 6) is -2.10. The minimum atomic E-state index is -4.87. The lowest BCUT2D eigenvalue weighted by Gasteiger charge is -2.25. The molecule has 0 saturated carbocycles. The first-order valence-electron chi connectivity index (χ1n) is 14.1. The van der Waals surface area contributed by atoms with Crippen LogP contribution in [0.15, 0.2) is 72.8 Å². The lowest BCUT2D eigenvalue weighted by molar-refractivity contribution is -0.274. The van der Waals surface area contributed by atoms with E-state index in [2.05, 4.69) is 15.4 Å². The predicted octanol–water partition coefficient (Wildman–Crippen LogP) is 9.75. The SMILES string of the molecule is CCc1cc(C(F)(F)F)ccc1-c1cc(F)c(O)c2c1C(C)(C)CN2c1ccccc1NC(=O)Nc1ccc(OC(F)(F)F)cc1. The van der Waals surface area contributed by atoms with Gasteiger partial charge in [-0.1, -0.05) is 39.0 Å². The molecule has 0 aliphatic carbocycles. The number of rotatable bonds is 6. The highest BCUT2D eigenvalue weighted by molar-refractivity contribution is 6.03. The van der Waals surface area contributed by atoms with Crippen LogP contribution in [0, 0.1) is 5.82 Å². The monoisotopic (exact) mass is 647 g/mol. The maximum absolute atomic E-state index is 15.4. The van der Waals surface area contributed by atoms with Gasteiger partial charge in [-0.3, -0.25) is 0 Å². The number of phenolic OH excluding ortho intramolecular Hbond substituents is 1. The van der Waals surface area contributed by atoms with E-state index in [1.54, 1.807) is 36.1 Å². The molecule has 13 heteroatoms. The third kappa shape index (κ3) is 6.53. The molecule has 0 radical (unpaired) electrons. The van der Waals surface area contributed by atoms with Crippen LogP contribution in [0.5, 0.6) is 11.5 Å². The highest BCUT2D eigenvalue weighted by Gasteiger charge is 2.42. The molecule has 4 aromatic carbocycles. The van der Waals surface area contributed by atoms with Gasteiger partial charge >= 0.3 is 18.6 Å². The normalized spacial score (nSPS) is 14.2. The van der Waals surface area contributed by atoms with E-state index in [-0.39, 0.29) is 30.0 Å². The maximum Gasteiger partial charge on any atom is 0.573 e. The predicted molar refractivity (Wildman–Crippen MR) is 160 cm³/mol. The Morgan fingerprint density at radius 3 is 2.24 bits per heavy atom. The number of aromatic hydroxyl groups is 1. The van der Waals surface area contributed by atoms with E-state index < -0.39 is 46.9 Å². The number of aryl methyl sites for hydroxylation is 1. The zero-order chi connectivity index (χ0) is 33.6. The molecule has 46 heavy (non-hydrogen) atoms. The second-order valence-electron chi connectivity index (χ2n) is 11.3. The maximum atomic E-state index is 15.4. The largest absolute Gasteiger partial charge is 0.573 e. The van der Waals surface area contributed by atoms with Gasteiger partial charge in [0.25, 0.3) is 0 Å². The Morgan fingerprint density at radius 1 is 0.935 bits per heavy atom. The molecule has 2 amide bonds. The number of carbonyl (C=O) groups excluding carboxylic acids is 1. The van der Waals surface area contributed by atoms with Gasteiger partial charge in [-0.25, -0.2) is 9.18 Å². The number of phenols is 1. The molecule has 1 heterocycles. The van der Waals surface area contributed by atoms with Gasteiger partial charge in [-0.2, -0.15) is 13.2 Å². The Balaban J connectivity index is 1.51. The fraction of sp³-hybridized carbons (Fsp3) is 0.242. The zero-order valence-electron chi connectivity index (χ0n) is 24.7. The number of amides is 2. The summed E-state index contributed by atoms with van der Waals surface area (Å²) in [6.45, 7) is 5.62. The molecule has 1 aliphatic heterocycles. The van der Waals surface area contributed by atoms with E-state index >= 15 is 4.39 Å². The number of benzene rings is 4. The van der Waals surface area contributed by atoms with Gasteiger partial charge in [0.2, 0.25) is 0 Å². The smallest absolute Gasteiger partial charge is 0.503 e. The van der Waals surface area contributed by atoms with Crippen molar-refractivity contribution in [2.75, 3.05) is 22.1 Å². The topological polar surface area (TPSA) is 73.8 Å². The Kier molecular flexibility index (Phi) is 8.30. The van der Waals surface area contributed by atoms with Crippen molar-refractivity contribution in [3.63, 3.8) is 0 Å². The number of halogens is 7. The van der Waals surface area contributed by atoms with Crippen LogP contribution < -0.4 is 20.3 Å². The lowest BCUT2D eigenvalue weighted by Crippen LogP contribution is -2.27. The van der Waals surface area contributed by atoms with Crippen LogP contribution in [0.25, 0.3) is 11.1 Å². The van der Waals surface area contributed by atoms with E-state index in [0.717, 1.165) is 30.3 Å². The summed E-state index contributed by atoms with van der Waals surface area (Å²) < 4.78 is 97.1. The first kappa shape index (κ1) is 32.5. The summed E-state index contributed by atoms with van der Waals surface area (Å²) in [4.78, 5) is 14.6. The minimum Gasteiger partial charge on any atom is -0.503 e. The van der Waals surface area contributed by atoms with Crippen LogP contribution in [-0.4, -0.2) is 24.0 Å². The molecule has 0 atom stereocenters. The van der Waals surface area contributed by atoms with Gasteiger partial charge in [0.05, 0.1) is 22.6 Å². The molecule has 242 valence electrons. The fourth-order valence-electron chi connectivity index (χ4n) is 5.71. The Hall–Kier alpha value is -4.94. The average molecular weight is 648 g/mol. The van der Waals surface area contributed by atoms with Crippen molar-refractivity contribution in [2.24, 2.45) is 0 Å². The molecule has 0 unspecified atom stereocenters. The molecular formula is C33H28F7N3O3. The number of carbonyl (C=O) groups is 1. The van der Waals surface area contributed by atoms with E-state index in [1.807, 2.05) is 13.8 Å². The van der Waals surface area contributed by atoms with Crippen LogP contribution in [0.4, 0.5) is 58.3 Å². The summed E-state index contributed by atoms with van der Waals surface area (Å²) >= 11 is 0. The van der Waals surface area contributed by atoms with Crippen molar-refractivity contribution >= 4 is 28.8 Å². The van der Waals surface area contributed by atoms with Crippen molar-refractivity contribution < 1.29 is 45.4 Å². The van der Waals surface area contributed by atoms with Crippen molar-refractivity contribution in [3.05, 3.63) is 95.3 Å². The minimum absolute atomic E-state index is 0.108. The van der Waals surface area contributed by atoms with Crippen LogP contribution in [-0.2, 0) is 18.0 Å². The number of ether oxygens (including phenoxy) is 1. The van der Waals surface area contributed by atoms with Crippen molar-refractivity contribution in [1.29, 1.82) is 0 Å². The first-order valence-corrected chi connectivity index (χ1v) is 14.1. The molecule has 5 rings (SSSR count). The molecule has 4 aromatic rings. The van der Waals surface area contributed by atoms with E-state index in [9.17, 15) is 36.2 Å². The molecule has 0 saturated heterocycles. The third-order valence-corrected chi connectivity index (χ3v) is 7.62. The molecule has 0 fully saturated rings. The highest BCUT2D eigenvalue weighted by Crippen LogP contribution is 2.55. The van der Waals surface area contributed by atoms with Crippen LogP contribution in [0.1, 0.15) is 37.5 Å². The number of anilines is 4. The van der Waals surface area contributed by atoms with Crippen LogP contribution in [0.3, 0.4) is 0 Å². The summed E-state index contributed by atoms with van der Waals surface area (Å²) in [6, 6.07) is 14.7. The van der Waals surface area contributed by atoms with Crippen molar-refractivity contribution in [2.45, 2.75) is 45.1 Å². The molecule has 0 aromatic heterocycles. The molecule has 0 bridgehead atoms. The number of alkyl halides is 6. The second kappa shape index (κ2) is 11.8. The zero-order valence-corrected chi connectivity index (χ0v) is 24.7. The number of nitrogens with one attached hydrogen (secondary N) is 2. The summed E-state index contributed by atoms with van der Waals surface area (Å²) in [7, 11) is 0. The molecule has 1 aliphatic rings. The van der Waals surface area contributed by atoms with Gasteiger partial charge in [0, 0.05) is 17.6 Å². The Labute approximate surface area is 259 Å². The summed E-state index contributed by atoms with van der Waals surface area (Å²) in [6.07, 6.45) is -9.19. The summed E-state index contributed by atoms with van der Waals surface area (Å²) in [5.41, 5.74) is 0.953. The van der Waals surface area contributed by atoms with Crippen LogP contribution >= 0.6 is 0 Å². The van der Waals surface area contributed by atoms with E-state index in [4.69, 9.17) is 0 Å². The lowest BCUT2D eigenvalue weighted by atomic mass is 9.80. The van der Waals surface area contributed by atoms with Gasteiger partial charge in [-0.15, -0.1) is 13.2 Å². The second-order valence-corrected chi connectivity index (χ2v) is 11.3. The van der Waals surface area contributed by atoms with E-state index in [1.165, 1.54) is 18.2 Å². The molecule has 6 nitrogen and oxygen atoms in total. The van der Waals surface area contributed by atoms with Gasteiger partial charge in [-0.05, 0) is 83.3 Å². The van der Waals surface area contributed by atoms with Crippen LogP contribution in [0.2, 0.25) is 0 Å². The molecule has 3 N–H and O–H groups in total. The van der Waals surface area contributed by atoms with Crippen molar-refractivity contribution in [1.82, 2.24) is 0 Å². The summed E-state index contributed by atoms with van der Waals surface area (Å²) in [5, 5.41) is 16.2. The molecular weight excluding hydrogens is 619 g/mol. The fourth-order valence-corrected chi connectivity index (χ4v) is 5.71. The van der Waals surface area contributed by atoms with Crippen molar-refractivity contribution in [3.8, 4) is 22.6 Å². The number of para-hydroxylation sites is 2. The Morgan fingerprint density at radius 2 is 1.61 bits per heavy atom. The first-order chi connectivity index (χ1) is 21.5. The number of hydrogen-bond acceptors (Lipinski definition) is 4. The third-order valence-electron chi connectivity index (χ3n) is 7.62. The number of fused-ring (bicyclic) bond motifs is 1. The number of hydrogen-bond donors (Lipinski definition) is 3. The van der Waals surface area contributed by atoms with Gasteiger partial charge < -0.3 is 25.4 Å².